The molecule has 0 aliphatic heterocycles. The minimum absolute atomic E-state index is 0.235. The number of nitrogens with zero attached hydrogens (tertiary/aromatic N) is 6. The molecule has 1 aliphatic carbocycles. The Morgan fingerprint density at radius 1 is 1.29 bits per heavy atom. The van der Waals surface area contributed by atoms with Crippen LogP contribution in [0.15, 0.2) is 43.0 Å². The molecule has 0 saturated heterocycles. The van der Waals surface area contributed by atoms with E-state index in [9.17, 15) is 9.90 Å². The highest BCUT2D eigenvalue weighted by Gasteiger charge is 2.19. The number of aromatic nitrogens is 6. The van der Waals surface area contributed by atoms with E-state index in [1.54, 1.807) is 41.1 Å². The number of benzene rings is 1. The van der Waals surface area contributed by atoms with Crippen molar-refractivity contribution < 1.29 is 14.6 Å². The van der Waals surface area contributed by atoms with Crippen LogP contribution >= 0.6 is 0 Å². The molecule has 10 heteroatoms. The standard InChI is InChI=1S/C21H21N7O3/c1-31-12-18(30)11-27-10-15(9-23-27)19-20-25-21(26-28(20)5-4-22-19)24-16-3-2-13-7-17(29)8-14(13)6-16/h2-6,9-10,18,30H,7-8,11-12H2,1H3,(H,24,26). The summed E-state index contributed by atoms with van der Waals surface area (Å²) in [6.07, 6.45) is 7.20. The molecule has 0 radical (unpaired) electrons. The number of carbonyl (C=O) groups is 1. The third-order valence-electron chi connectivity index (χ3n) is 5.16. The Balaban J connectivity index is 1.40. The zero-order valence-corrected chi connectivity index (χ0v) is 16.9. The maximum atomic E-state index is 11.7. The maximum absolute atomic E-state index is 11.7. The van der Waals surface area contributed by atoms with Crippen LogP contribution in [-0.4, -0.2) is 60.1 Å². The van der Waals surface area contributed by atoms with Crippen LogP contribution in [-0.2, 0) is 28.9 Å². The van der Waals surface area contributed by atoms with Gasteiger partial charge in [0.25, 0.3) is 0 Å². The molecule has 31 heavy (non-hydrogen) atoms. The van der Waals surface area contributed by atoms with E-state index in [1.807, 2.05) is 18.2 Å². The van der Waals surface area contributed by atoms with E-state index >= 15 is 0 Å². The Bertz CT molecular complexity index is 1260. The first-order chi connectivity index (χ1) is 15.1. The third-order valence-corrected chi connectivity index (χ3v) is 5.16. The topological polar surface area (TPSA) is 119 Å². The van der Waals surface area contributed by atoms with E-state index in [1.165, 1.54) is 0 Å². The molecule has 158 valence electrons. The van der Waals surface area contributed by atoms with Gasteiger partial charge in [-0.25, -0.2) is 4.52 Å². The number of methoxy groups -OCH3 is 1. The van der Waals surface area contributed by atoms with Gasteiger partial charge in [-0.05, 0) is 23.3 Å². The molecule has 1 atom stereocenters. The Morgan fingerprint density at radius 2 is 2.16 bits per heavy atom. The first kappa shape index (κ1) is 19.3. The summed E-state index contributed by atoms with van der Waals surface area (Å²) in [6.45, 7) is 0.552. The predicted molar refractivity (Wildman–Crippen MR) is 112 cm³/mol. The molecule has 10 nitrogen and oxygen atoms in total. The number of carbonyl (C=O) groups excluding carboxylic acids is 1. The van der Waals surface area contributed by atoms with E-state index in [4.69, 9.17) is 4.74 Å². The fraction of sp³-hybridized carbons (Fsp3) is 0.286. The van der Waals surface area contributed by atoms with Gasteiger partial charge >= 0.3 is 0 Å². The highest BCUT2D eigenvalue weighted by atomic mass is 16.5. The van der Waals surface area contributed by atoms with Gasteiger partial charge in [0.05, 0.1) is 25.5 Å². The lowest BCUT2D eigenvalue weighted by molar-refractivity contribution is -0.117. The number of rotatable bonds is 7. The second-order valence-electron chi connectivity index (χ2n) is 7.54. The lowest BCUT2D eigenvalue weighted by Crippen LogP contribution is -2.21. The summed E-state index contributed by atoms with van der Waals surface area (Å²) in [5.74, 6) is 0.672. The van der Waals surface area contributed by atoms with Gasteiger partial charge in [-0.15, -0.1) is 5.10 Å². The summed E-state index contributed by atoms with van der Waals surface area (Å²) < 4.78 is 8.25. The van der Waals surface area contributed by atoms with Crippen molar-refractivity contribution in [3.63, 3.8) is 0 Å². The number of ketones is 1. The molecule has 1 aliphatic rings. The lowest BCUT2D eigenvalue weighted by Gasteiger charge is -2.08. The molecule has 3 heterocycles. The molecule has 1 aromatic carbocycles. The zero-order chi connectivity index (χ0) is 21.4. The van der Waals surface area contributed by atoms with Crippen LogP contribution in [0.5, 0.6) is 0 Å². The molecule has 0 saturated carbocycles. The number of ether oxygens (including phenoxy) is 1. The predicted octanol–water partition coefficient (Wildman–Crippen LogP) is 1.41. The Hall–Kier alpha value is -3.63. The van der Waals surface area contributed by atoms with Crippen LogP contribution in [0.1, 0.15) is 11.1 Å². The quantitative estimate of drug-likeness (QED) is 0.461. The monoisotopic (exact) mass is 419 g/mol. The van der Waals surface area contributed by atoms with Crippen molar-refractivity contribution in [2.24, 2.45) is 0 Å². The average molecular weight is 419 g/mol. The number of hydrogen-bond acceptors (Lipinski definition) is 8. The Labute approximate surface area is 177 Å². The van der Waals surface area contributed by atoms with Gasteiger partial charge in [-0.2, -0.15) is 10.1 Å². The first-order valence-corrected chi connectivity index (χ1v) is 9.91. The number of fused-ring (bicyclic) bond motifs is 2. The van der Waals surface area contributed by atoms with Crippen LogP contribution in [0, 0.1) is 0 Å². The average Bonchev–Trinajstić information content (AvgIpc) is 3.44. The molecule has 4 aromatic rings. The molecule has 1 unspecified atom stereocenters. The van der Waals surface area contributed by atoms with Crippen molar-refractivity contribution in [1.29, 1.82) is 0 Å². The molecule has 0 bridgehead atoms. The summed E-state index contributed by atoms with van der Waals surface area (Å²) >= 11 is 0. The highest BCUT2D eigenvalue weighted by molar-refractivity contribution is 5.88. The van der Waals surface area contributed by atoms with E-state index in [0.29, 0.717) is 36.7 Å². The zero-order valence-electron chi connectivity index (χ0n) is 16.9. The Morgan fingerprint density at radius 3 is 3.03 bits per heavy atom. The molecule has 2 N–H and O–H groups in total. The minimum Gasteiger partial charge on any atom is -0.389 e. The summed E-state index contributed by atoms with van der Waals surface area (Å²) in [6, 6.07) is 5.87. The van der Waals surface area contributed by atoms with Gasteiger partial charge in [0, 0.05) is 49.8 Å². The van der Waals surface area contributed by atoms with Crippen LogP contribution in [0.3, 0.4) is 0 Å². The minimum atomic E-state index is -0.645. The van der Waals surface area contributed by atoms with Crippen LogP contribution in [0.4, 0.5) is 11.6 Å². The number of aliphatic hydroxyl groups excluding tert-OH is 1. The van der Waals surface area contributed by atoms with Gasteiger partial charge in [0.15, 0.2) is 5.65 Å². The smallest absolute Gasteiger partial charge is 0.247 e. The van der Waals surface area contributed by atoms with E-state index in [2.05, 4.69) is 25.5 Å². The number of aliphatic hydroxyl groups is 1. The van der Waals surface area contributed by atoms with Gasteiger partial charge in [0.2, 0.25) is 5.95 Å². The van der Waals surface area contributed by atoms with E-state index < -0.39 is 6.10 Å². The molecule has 0 fully saturated rings. The lowest BCUT2D eigenvalue weighted by atomic mass is 10.1. The van der Waals surface area contributed by atoms with Gasteiger partial charge in [0.1, 0.15) is 11.5 Å². The molecule has 0 amide bonds. The van der Waals surface area contributed by atoms with Crippen LogP contribution in [0.2, 0.25) is 0 Å². The van der Waals surface area contributed by atoms with Crippen molar-refractivity contribution in [3.8, 4) is 11.3 Å². The number of nitrogens with one attached hydrogen (secondary N) is 1. The van der Waals surface area contributed by atoms with E-state index in [0.717, 1.165) is 22.4 Å². The second kappa shape index (κ2) is 7.89. The van der Waals surface area contributed by atoms with Crippen molar-refractivity contribution in [1.82, 2.24) is 29.4 Å². The Kier molecular flexibility index (Phi) is 4.92. The summed E-state index contributed by atoms with van der Waals surface area (Å²) in [4.78, 5) is 20.7. The van der Waals surface area contributed by atoms with Crippen LogP contribution in [0.25, 0.3) is 16.9 Å². The normalized spacial score (nSPS) is 14.2. The molecule has 0 spiro atoms. The summed E-state index contributed by atoms with van der Waals surface area (Å²) in [7, 11) is 1.54. The molecular formula is C21H21N7O3. The summed E-state index contributed by atoms with van der Waals surface area (Å²) in [5.41, 5.74) is 4.94. The number of Topliss-reactive ketones (excluding diaryl/α,β-unsaturated/α-hetero) is 1. The van der Waals surface area contributed by atoms with Gasteiger partial charge in [-0.3, -0.25) is 14.5 Å². The molecule has 5 rings (SSSR count). The number of hydrogen-bond donors (Lipinski definition) is 2. The fourth-order valence-corrected chi connectivity index (χ4v) is 3.78. The van der Waals surface area contributed by atoms with Crippen molar-refractivity contribution in [3.05, 3.63) is 54.1 Å². The van der Waals surface area contributed by atoms with Crippen LogP contribution < -0.4 is 5.32 Å². The van der Waals surface area contributed by atoms with Gasteiger partial charge in [-0.1, -0.05) is 6.07 Å². The maximum Gasteiger partial charge on any atom is 0.247 e. The van der Waals surface area contributed by atoms with Crippen molar-refractivity contribution >= 4 is 23.1 Å². The SMILES string of the molecule is COCC(O)Cn1cc(-c2nccn3nc(Nc4ccc5c(c4)CC(=O)C5)nc23)cn1. The van der Waals surface area contributed by atoms with Gasteiger partial charge < -0.3 is 15.2 Å². The fourth-order valence-electron chi connectivity index (χ4n) is 3.78. The third kappa shape index (κ3) is 3.90. The molecule has 3 aromatic heterocycles. The van der Waals surface area contributed by atoms with E-state index in [-0.39, 0.29) is 12.4 Å². The highest BCUT2D eigenvalue weighted by Crippen LogP contribution is 2.26. The largest absolute Gasteiger partial charge is 0.389 e. The summed E-state index contributed by atoms with van der Waals surface area (Å²) in [5, 5.41) is 21.9. The van der Waals surface area contributed by atoms with Crippen molar-refractivity contribution in [2.45, 2.75) is 25.5 Å². The second-order valence-corrected chi connectivity index (χ2v) is 7.54. The first-order valence-electron chi connectivity index (χ1n) is 9.91. The van der Waals surface area contributed by atoms with Crippen molar-refractivity contribution in [2.75, 3.05) is 19.0 Å². The number of anilines is 2. The molecular weight excluding hydrogens is 398 g/mol.